The average Bonchev–Trinajstić information content (AvgIpc) is 3.29. The number of nitrogens with zero attached hydrogens (tertiary/aromatic N) is 1. The highest BCUT2D eigenvalue weighted by Gasteiger charge is 2.45. The van der Waals surface area contributed by atoms with Crippen LogP contribution >= 0.6 is 11.3 Å². The lowest BCUT2D eigenvalue weighted by molar-refractivity contribution is -0.117. The van der Waals surface area contributed by atoms with E-state index in [0.717, 1.165) is 25.2 Å². The van der Waals surface area contributed by atoms with Crippen LogP contribution in [0.1, 0.15) is 36.6 Å². The standard InChI is InChI=1S/C21H26N2O2S/c1-13-8-9-26-20(13)18-10-19(18)21(24)22-16-4-6-17(7-5-16)23-11-14(2)25-15(3)12-23/h4-9,14-15,18-19H,10-12H2,1-3H3,(H,22,24)/t14-,15+,18-,19+/m0/s1. The van der Waals surface area contributed by atoms with Gasteiger partial charge >= 0.3 is 0 Å². The van der Waals surface area contributed by atoms with Crippen LogP contribution in [0.3, 0.4) is 0 Å². The Morgan fingerprint density at radius 3 is 2.46 bits per heavy atom. The molecule has 1 aromatic carbocycles. The second-order valence-corrected chi connectivity index (χ2v) is 8.56. The lowest BCUT2D eigenvalue weighted by Crippen LogP contribution is -2.45. The monoisotopic (exact) mass is 370 g/mol. The maximum absolute atomic E-state index is 12.5. The quantitative estimate of drug-likeness (QED) is 0.867. The molecule has 1 saturated heterocycles. The molecule has 0 radical (unpaired) electrons. The van der Waals surface area contributed by atoms with Gasteiger partial charge in [-0.15, -0.1) is 11.3 Å². The minimum absolute atomic E-state index is 0.118. The number of rotatable bonds is 4. The first kappa shape index (κ1) is 17.6. The number of benzene rings is 1. The molecule has 138 valence electrons. The van der Waals surface area contributed by atoms with Gasteiger partial charge in [0, 0.05) is 41.2 Å². The Hall–Kier alpha value is -1.85. The van der Waals surface area contributed by atoms with Crippen LogP contribution in [0.5, 0.6) is 0 Å². The minimum Gasteiger partial charge on any atom is -0.372 e. The third-order valence-electron chi connectivity index (χ3n) is 5.29. The summed E-state index contributed by atoms with van der Waals surface area (Å²) in [6.07, 6.45) is 1.45. The maximum Gasteiger partial charge on any atom is 0.228 e. The van der Waals surface area contributed by atoms with Crippen molar-refractivity contribution in [3.63, 3.8) is 0 Å². The van der Waals surface area contributed by atoms with Crippen LogP contribution in [0.25, 0.3) is 0 Å². The summed E-state index contributed by atoms with van der Waals surface area (Å²) in [7, 11) is 0. The molecule has 4 atom stereocenters. The molecule has 1 saturated carbocycles. The first-order valence-corrected chi connectivity index (χ1v) is 10.2. The molecule has 1 aromatic heterocycles. The molecule has 1 amide bonds. The molecule has 0 bridgehead atoms. The van der Waals surface area contributed by atoms with Crippen LogP contribution in [0.2, 0.25) is 0 Å². The number of ether oxygens (including phenoxy) is 1. The molecule has 0 spiro atoms. The highest BCUT2D eigenvalue weighted by Crippen LogP contribution is 2.50. The molecule has 1 N–H and O–H groups in total. The van der Waals surface area contributed by atoms with E-state index in [0.29, 0.717) is 5.92 Å². The van der Waals surface area contributed by atoms with Gasteiger partial charge in [0.05, 0.1) is 12.2 Å². The zero-order valence-corrected chi connectivity index (χ0v) is 16.4. The Balaban J connectivity index is 1.36. The van der Waals surface area contributed by atoms with Gasteiger partial charge in [-0.3, -0.25) is 4.79 Å². The van der Waals surface area contributed by atoms with Crippen LogP contribution < -0.4 is 10.2 Å². The molecule has 2 aromatic rings. The number of hydrogen-bond acceptors (Lipinski definition) is 4. The van der Waals surface area contributed by atoms with Crippen LogP contribution in [0.15, 0.2) is 35.7 Å². The molecule has 26 heavy (non-hydrogen) atoms. The molecule has 1 aliphatic carbocycles. The Labute approximate surface area is 159 Å². The van der Waals surface area contributed by atoms with Crippen molar-refractivity contribution < 1.29 is 9.53 Å². The number of amides is 1. The van der Waals surface area contributed by atoms with Gasteiger partial charge in [0.15, 0.2) is 0 Å². The van der Waals surface area contributed by atoms with Crippen molar-refractivity contribution in [3.05, 3.63) is 46.2 Å². The van der Waals surface area contributed by atoms with E-state index < -0.39 is 0 Å². The SMILES string of the molecule is Cc1ccsc1[C@H]1C[C@H]1C(=O)Nc1ccc(N2C[C@@H](C)O[C@@H](C)C2)cc1. The molecule has 2 heterocycles. The predicted octanol–water partition coefficient (Wildman–Crippen LogP) is 4.41. The Morgan fingerprint density at radius 1 is 1.15 bits per heavy atom. The summed E-state index contributed by atoms with van der Waals surface area (Å²) >= 11 is 1.77. The number of morpholine rings is 1. The van der Waals surface area contributed by atoms with Crippen molar-refractivity contribution in [3.8, 4) is 0 Å². The van der Waals surface area contributed by atoms with E-state index in [9.17, 15) is 4.79 Å². The molecule has 4 nitrogen and oxygen atoms in total. The third-order valence-corrected chi connectivity index (χ3v) is 6.44. The second kappa shape index (κ2) is 7.05. The molecule has 5 heteroatoms. The van der Waals surface area contributed by atoms with Gasteiger partial charge in [0.25, 0.3) is 0 Å². The average molecular weight is 371 g/mol. The fraction of sp³-hybridized carbons (Fsp3) is 0.476. The lowest BCUT2D eigenvalue weighted by atomic mass is 10.1. The van der Waals surface area contributed by atoms with Gasteiger partial charge < -0.3 is 15.0 Å². The van der Waals surface area contributed by atoms with Crippen LogP contribution in [0, 0.1) is 12.8 Å². The van der Waals surface area contributed by atoms with Crippen molar-refractivity contribution in [2.75, 3.05) is 23.3 Å². The number of thiophene rings is 1. The summed E-state index contributed by atoms with van der Waals surface area (Å²) in [5, 5.41) is 5.20. The predicted molar refractivity (Wildman–Crippen MR) is 107 cm³/mol. The van der Waals surface area contributed by atoms with Crippen molar-refractivity contribution in [1.82, 2.24) is 0 Å². The van der Waals surface area contributed by atoms with Crippen LogP contribution in [0.4, 0.5) is 11.4 Å². The maximum atomic E-state index is 12.5. The van der Waals surface area contributed by atoms with Crippen LogP contribution in [-0.4, -0.2) is 31.2 Å². The summed E-state index contributed by atoms with van der Waals surface area (Å²) < 4.78 is 5.80. The second-order valence-electron chi connectivity index (χ2n) is 7.61. The fourth-order valence-corrected chi connectivity index (χ4v) is 5.03. The smallest absolute Gasteiger partial charge is 0.228 e. The summed E-state index contributed by atoms with van der Waals surface area (Å²) in [4.78, 5) is 16.3. The van der Waals surface area contributed by atoms with E-state index in [-0.39, 0.29) is 24.0 Å². The van der Waals surface area contributed by atoms with Gasteiger partial charge in [0.2, 0.25) is 5.91 Å². The summed E-state index contributed by atoms with van der Waals surface area (Å²) in [5.74, 6) is 0.669. The highest BCUT2D eigenvalue weighted by atomic mass is 32.1. The molecular formula is C21H26N2O2S. The number of carbonyl (C=O) groups excluding carboxylic acids is 1. The van der Waals surface area contributed by atoms with E-state index in [1.54, 1.807) is 11.3 Å². The van der Waals surface area contributed by atoms with E-state index in [2.05, 4.69) is 54.6 Å². The van der Waals surface area contributed by atoms with E-state index in [4.69, 9.17) is 4.74 Å². The molecule has 2 fully saturated rings. The van der Waals surface area contributed by atoms with Crippen LogP contribution in [-0.2, 0) is 9.53 Å². The van der Waals surface area contributed by atoms with E-state index in [1.807, 2.05) is 12.1 Å². The topological polar surface area (TPSA) is 41.6 Å². The van der Waals surface area contributed by atoms with Crippen molar-refractivity contribution in [2.24, 2.45) is 5.92 Å². The van der Waals surface area contributed by atoms with Gasteiger partial charge in [-0.2, -0.15) is 0 Å². The Bertz CT molecular complexity index is 776. The van der Waals surface area contributed by atoms with Crippen molar-refractivity contribution in [2.45, 2.75) is 45.3 Å². The van der Waals surface area contributed by atoms with Gasteiger partial charge in [-0.1, -0.05) is 0 Å². The molecular weight excluding hydrogens is 344 g/mol. The number of nitrogens with one attached hydrogen (secondary N) is 1. The van der Waals surface area contributed by atoms with Crippen molar-refractivity contribution >= 4 is 28.6 Å². The normalized spacial score (nSPS) is 28.0. The summed E-state index contributed by atoms with van der Waals surface area (Å²) in [6, 6.07) is 10.3. The third kappa shape index (κ3) is 3.64. The molecule has 0 unspecified atom stereocenters. The van der Waals surface area contributed by atoms with E-state index in [1.165, 1.54) is 16.1 Å². The number of aryl methyl sites for hydroxylation is 1. The fourth-order valence-electron chi connectivity index (χ4n) is 3.92. The zero-order valence-electron chi connectivity index (χ0n) is 15.6. The number of carbonyl (C=O) groups is 1. The first-order chi connectivity index (χ1) is 12.5. The number of hydrogen-bond donors (Lipinski definition) is 1. The minimum atomic E-state index is 0.118. The largest absolute Gasteiger partial charge is 0.372 e. The van der Waals surface area contributed by atoms with Gasteiger partial charge in [-0.25, -0.2) is 0 Å². The molecule has 4 rings (SSSR count). The zero-order chi connectivity index (χ0) is 18.3. The first-order valence-electron chi connectivity index (χ1n) is 9.36. The van der Waals surface area contributed by atoms with Gasteiger partial charge in [-0.05, 0) is 68.5 Å². The molecule has 2 aliphatic rings. The summed E-state index contributed by atoms with van der Waals surface area (Å²) in [6.45, 7) is 8.16. The van der Waals surface area contributed by atoms with Gasteiger partial charge in [0.1, 0.15) is 0 Å². The lowest BCUT2D eigenvalue weighted by Gasteiger charge is -2.36. The molecule has 1 aliphatic heterocycles. The van der Waals surface area contributed by atoms with Crippen molar-refractivity contribution in [1.29, 1.82) is 0 Å². The Morgan fingerprint density at radius 2 is 1.85 bits per heavy atom. The van der Waals surface area contributed by atoms with E-state index >= 15 is 0 Å². The summed E-state index contributed by atoms with van der Waals surface area (Å²) in [5.41, 5.74) is 3.37. The Kier molecular flexibility index (Phi) is 4.76. The highest BCUT2D eigenvalue weighted by molar-refractivity contribution is 7.10. The number of anilines is 2.